The summed E-state index contributed by atoms with van der Waals surface area (Å²) in [6.45, 7) is 0.524. The van der Waals surface area contributed by atoms with E-state index in [0.717, 1.165) is 36.0 Å². The highest BCUT2D eigenvalue weighted by Crippen LogP contribution is 2.29. The summed E-state index contributed by atoms with van der Waals surface area (Å²) in [5.41, 5.74) is 0.713. The van der Waals surface area contributed by atoms with Gasteiger partial charge in [-0.2, -0.15) is 4.98 Å². The first-order valence-electron chi connectivity index (χ1n) is 9.45. The lowest BCUT2D eigenvalue weighted by atomic mass is 9.85. The van der Waals surface area contributed by atoms with E-state index in [4.69, 9.17) is 0 Å². The molecule has 1 aromatic heterocycles. The lowest BCUT2D eigenvalue weighted by Gasteiger charge is -2.32. The number of nitrogens with one attached hydrogen (secondary N) is 1. The molecule has 3 rings (SSSR count). The molecule has 1 heterocycles. The predicted octanol–water partition coefficient (Wildman–Crippen LogP) is 4.46. The Kier molecular flexibility index (Phi) is 6.72. The third kappa shape index (κ3) is 5.34. The summed E-state index contributed by atoms with van der Waals surface area (Å²) in [5, 5.41) is 13.1. The van der Waals surface area contributed by atoms with Crippen molar-refractivity contribution in [3.63, 3.8) is 0 Å². The van der Waals surface area contributed by atoms with Crippen LogP contribution < -0.4 is 15.1 Å². The second-order valence-corrected chi connectivity index (χ2v) is 8.28. The molecule has 1 amide bonds. The van der Waals surface area contributed by atoms with Gasteiger partial charge in [0.05, 0.1) is 0 Å². The lowest BCUT2D eigenvalue weighted by Crippen LogP contribution is -2.37. The molecule has 0 unspecified atom stereocenters. The van der Waals surface area contributed by atoms with Crippen LogP contribution in [0, 0.1) is 5.92 Å². The number of hydrogen-bond acceptors (Lipinski definition) is 5. The predicted molar refractivity (Wildman–Crippen MR) is 115 cm³/mol. The normalized spacial score (nSPS) is 19.1. The molecule has 2 N–H and O–H groups in total. The highest BCUT2D eigenvalue weighted by atomic mass is 79.9. The molecule has 150 valence electrons. The fourth-order valence-electron chi connectivity index (χ4n) is 3.51. The number of amides is 1. The van der Waals surface area contributed by atoms with Gasteiger partial charge < -0.3 is 15.3 Å². The molecule has 28 heavy (non-hydrogen) atoms. The molecule has 0 saturated heterocycles. The molecule has 1 aromatic carbocycles. The van der Waals surface area contributed by atoms with Crippen molar-refractivity contribution in [2.24, 2.45) is 5.92 Å². The van der Waals surface area contributed by atoms with Crippen molar-refractivity contribution >= 4 is 39.5 Å². The van der Waals surface area contributed by atoms with E-state index >= 15 is 0 Å². The van der Waals surface area contributed by atoms with Crippen LogP contribution in [0.3, 0.4) is 0 Å². The molecule has 0 bridgehead atoms. The Balaban J connectivity index is 1.55. The van der Waals surface area contributed by atoms with E-state index in [2.05, 4.69) is 31.2 Å². The minimum Gasteiger partial charge on any atom is -0.465 e. The number of carbonyl (C=O) groups is 1. The third-order valence-corrected chi connectivity index (χ3v) is 5.62. The second kappa shape index (κ2) is 9.23. The maximum Gasteiger partial charge on any atom is 0.411 e. The summed E-state index contributed by atoms with van der Waals surface area (Å²) in [5.74, 6) is 1.88. The lowest BCUT2D eigenvalue weighted by molar-refractivity contribution is 0.199. The number of anilines is 3. The molecule has 0 spiro atoms. The van der Waals surface area contributed by atoms with Gasteiger partial charge in [0.15, 0.2) is 0 Å². The van der Waals surface area contributed by atoms with Crippen molar-refractivity contribution in [2.75, 3.05) is 35.8 Å². The van der Waals surface area contributed by atoms with Gasteiger partial charge in [-0.15, -0.1) is 0 Å². The molecular weight excluding hydrogens is 422 g/mol. The zero-order valence-corrected chi connectivity index (χ0v) is 17.8. The molecule has 1 aliphatic carbocycles. The number of halogens is 1. The molecule has 0 radical (unpaired) electrons. The molecule has 8 heteroatoms. The highest BCUT2D eigenvalue weighted by Gasteiger charge is 2.26. The molecule has 2 aromatic rings. The zero-order valence-electron chi connectivity index (χ0n) is 16.2. The first kappa shape index (κ1) is 20.4. The Labute approximate surface area is 173 Å². The molecular formula is C20H26BrN5O2. The average molecular weight is 448 g/mol. The van der Waals surface area contributed by atoms with Crippen LogP contribution in [0.2, 0.25) is 0 Å². The maximum absolute atomic E-state index is 11.7. The van der Waals surface area contributed by atoms with E-state index in [9.17, 15) is 9.90 Å². The summed E-state index contributed by atoms with van der Waals surface area (Å²) in [6, 6.07) is 9.60. The van der Waals surface area contributed by atoms with E-state index in [1.54, 1.807) is 6.20 Å². The quantitative estimate of drug-likeness (QED) is 0.679. The van der Waals surface area contributed by atoms with Crippen molar-refractivity contribution in [1.29, 1.82) is 0 Å². The van der Waals surface area contributed by atoms with Crippen LogP contribution >= 0.6 is 15.9 Å². The summed E-state index contributed by atoms with van der Waals surface area (Å²) in [6.07, 6.45) is 4.77. The number of benzene rings is 1. The largest absolute Gasteiger partial charge is 0.465 e. The smallest absolute Gasteiger partial charge is 0.411 e. The van der Waals surface area contributed by atoms with E-state index in [1.807, 2.05) is 49.3 Å². The minimum absolute atomic E-state index is 0.319. The fraction of sp³-hybridized carbons (Fsp3) is 0.450. The Morgan fingerprint density at radius 1 is 1.18 bits per heavy atom. The maximum atomic E-state index is 11.7. The van der Waals surface area contributed by atoms with Gasteiger partial charge in [-0.1, -0.05) is 15.9 Å². The van der Waals surface area contributed by atoms with E-state index in [-0.39, 0.29) is 0 Å². The van der Waals surface area contributed by atoms with Crippen molar-refractivity contribution < 1.29 is 9.90 Å². The van der Waals surface area contributed by atoms with Gasteiger partial charge in [0.25, 0.3) is 0 Å². The summed E-state index contributed by atoms with van der Waals surface area (Å²) < 4.78 is 0.939. The molecule has 0 aliphatic heterocycles. The Morgan fingerprint density at radius 2 is 1.86 bits per heavy atom. The number of rotatable bonds is 6. The average Bonchev–Trinajstić information content (AvgIpc) is 2.68. The minimum atomic E-state index is -0.906. The Morgan fingerprint density at radius 3 is 2.46 bits per heavy atom. The van der Waals surface area contributed by atoms with Gasteiger partial charge >= 0.3 is 6.09 Å². The van der Waals surface area contributed by atoms with Crippen molar-refractivity contribution in [2.45, 2.75) is 31.7 Å². The molecule has 1 fully saturated rings. The van der Waals surface area contributed by atoms with Crippen molar-refractivity contribution in [3.8, 4) is 0 Å². The topological polar surface area (TPSA) is 81.6 Å². The standard InChI is InChI=1S/C20H26BrN5O2/c1-25(2)18-11-12-22-19(24-18)23-16-7-3-14(4-8-16)13-26(20(27)28)17-9-5-15(21)6-10-17/h5-6,9-12,14,16H,3-4,7-8,13H2,1-2H3,(H,27,28)(H,22,23,24). The molecule has 1 saturated carbocycles. The van der Waals surface area contributed by atoms with Crippen LogP contribution in [0.15, 0.2) is 41.0 Å². The van der Waals surface area contributed by atoms with Crippen LogP contribution in [0.1, 0.15) is 25.7 Å². The van der Waals surface area contributed by atoms with Gasteiger partial charge in [-0.05, 0) is 61.9 Å². The van der Waals surface area contributed by atoms with E-state index in [1.165, 1.54) is 4.90 Å². The molecule has 7 nitrogen and oxygen atoms in total. The number of carboxylic acid groups (broad SMARTS) is 1. The van der Waals surface area contributed by atoms with Crippen molar-refractivity contribution in [1.82, 2.24) is 9.97 Å². The third-order valence-electron chi connectivity index (χ3n) is 5.09. The first-order chi connectivity index (χ1) is 13.4. The van der Waals surface area contributed by atoms with Crippen LogP contribution in [0.5, 0.6) is 0 Å². The van der Waals surface area contributed by atoms with Gasteiger partial charge in [0, 0.05) is 43.0 Å². The highest BCUT2D eigenvalue weighted by molar-refractivity contribution is 9.10. The van der Waals surface area contributed by atoms with E-state index in [0.29, 0.717) is 30.1 Å². The number of hydrogen-bond donors (Lipinski definition) is 2. The van der Waals surface area contributed by atoms with Gasteiger partial charge in [0.1, 0.15) is 5.82 Å². The monoisotopic (exact) mass is 447 g/mol. The van der Waals surface area contributed by atoms with Gasteiger partial charge in [-0.25, -0.2) is 9.78 Å². The fourth-order valence-corrected chi connectivity index (χ4v) is 3.78. The van der Waals surface area contributed by atoms with Crippen LogP contribution in [-0.2, 0) is 0 Å². The zero-order chi connectivity index (χ0) is 20.1. The summed E-state index contributed by atoms with van der Waals surface area (Å²) in [7, 11) is 3.91. The Hall–Kier alpha value is -2.35. The Bertz CT molecular complexity index is 791. The van der Waals surface area contributed by atoms with E-state index < -0.39 is 6.09 Å². The number of nitrogens with zero attached hydrogens (tertiary/aromatic N) is 4. The second-order valence-electron chi connectivity index (χ2n) is 7.36. The van der Waals surface area contributed by atoms with Crippen LogP contribution in [0.25, 0.3) is 0 Å². The van der Waals surface area contributed by atoms with Crippen LogP contribution in [-0.4, -0.2) is 47.8 Å². The SMILES string of the molecule is CN(C)c1ccnc(NC2CCC(CN(C(=O)O)c3ccc(Br)cc3)CC2)n1. The van der Waals surface area contributed by atoms with Crippen molar-refractivity contribution in [3.05, 3.63) is 41.0 Å². The summed E-state index contributed by atoms with van der Waals surface area (Å²) >= 11 is 3.39. The van der Waals surface area contributed by atoms with Gasteiger partial charge in [0.2, 0.25) is 5.95 Å². The van der Waals surface area contributed by atoms with Gasteiger partial charge in [-0.3, -0.25) is 4.90 Å². The first-order valence-corrected chi connectivity index (χ1v) is 10.2. The molecule has 0 atom stereocenters. The number of aromatic nitrogens is 2. The summed E-state index contributed by atoms with van der Waals surface area (Å²) in [4.78, 5) is 24.0. The molecule has 1 aliphatic rings. The van der Waals surface area contributed by atoms with Crippen LogP contribution in [0.4, 0.5) is 22.2 Å².